The molecule has 0 amide bonds. The van der Waals surface area contributed by atoms with E-state index in [2.05, 4.69) is 27.4 Å². The Balaban J connectivity index is 1.85. The molecule has 17 heavy (non-hydrogen) atoms. The lowest BCUT2D eigenvalue weighted by Crippen LogP contribution is -2.38. The molecule has 5 atom stereocenters. The molecule has 0 unspecified atom stereocenters. The number of hydrogen-bond donors (Lipinski definition) is 0. The first-order valence-corrected chi connectivity index (χ1v) is 6.97. The van der Waals surface area contributed by atoms with Crippen molar-refractivity contribution in [2.45, 2.75) is 57.7 Å². The van der Waals surface area contributed by atoms with Crippen LogP contribution in [-0.4, -0.2) is 11.2 Å². The summed E-state index contributed by atoms with van der Waals surface area (Å²) in [7, 11) is 0. The molecule has 0 aromatic carbocycles. The van der Waals surface area contributed by atoms with Gasteiger partial charge in [-0.2, -0.15) is 0 Å². The summed E-state index contributed by atoms with van der Waals surface area (Å²) in [6.07, 6.45) is 4.68. The minimum Gasteiger partial charge on any atom is -0.229 e. The SMILES string of the molecule is C=C1CC[C@H]2[C@@H]([C@H]3[C@@]4(C)CC[C@@]13OO4)C2(C)C. The Morgan fingerprint density at radius 3 is 2.59 bits per heavy atom. The molecule has 0 aromatic heterocycles. The van der Waals surface area contributed by atoms with Gasteiger partial charge in [0, 0.05) is 5.92 Å². The maximum absolute atomic E-state index is 5.83. The van der Waals surface area contributed by atoms with Crippen molar-refractivity contribution in [1.82, 2.24) is 0 Å². The first-order valence-electron chi connectivity index (χ1n) is 6.97. The molecule has 1 aliphatic heterocycles. The van der Waals surface area contributed by atoms with Gasteiger partial charge in [-0.25, -0.2) is 9.78 Å². The van der Waals surface area contributed by atoms with Gasteiger partial charge in [-0.15, -0.1) is 0 Å². The van der Waals surface area contributed by atoms with Crippen molar-refractivity contribution in [3.05, 3.63) is 12.2 Å². The van der Waals surface area contributed by atoms with Crippen molar-refractivity contribution in [3.63, 3.8) is 0 Å². The fraction of sp³-hybridized carbons (Fsp3) is 0.867. The number of hydrogen-bond acceptors (Lipinski definition) is 2. The Morgan fingerprint density at radius 2 is 1.94 bits per heavy atom. The van der Waals surface area contributed by atoms with Gasteiger partial charge in [-0.05, 0) is 55.4 Å². The summed E-state index contributed by atoms with van der Waals surface area (Å²) in [5.41, 5.74) is 1.59. The monoisotopic (exact) mass is 234 g/mol. The minimum atomic E-state index is -0.137. The van der Waals surface area contributed by atoms with Gasteiger partial charge in [0.15, 0.2) is 0 Å². The molecule has 2 bridgehead atoms. The summed E-state index contributed by atoms with van der Waals surface area (Å²) < 4.78 is 0. The molecule has 1 saturated heterocycles. The maximum Gasteiger partial charge on any atom is 0.130 e. The van der Waals surface area contributed by atoms with E-state index in [-0.39, 0.29) is 11.2 Å². The second-order valence-electron chi connectivity index (χ2n) is 7.44. The van der Waals surface area contributed by atoms with E-state index >= 15 is 0 Å². The first kappa shape index (κ1) is 10.6. The Bertz CT molecular complexity index is 401. The zero-order valence-corrected chi connectivity index (χ0v) is 11.1. The normalized spacial score (nSPS) is 58.5. The lowest BCUT2D eigenvalue weighted by molar-refractivity contribution is -0.362. The molecule has 0 spiro atoms. The van der Waals surface area contributed by atoms with Gasteiger partial charge in [-0.1, -0.05) is 20.4 Å². The highest BCUT2D eigenvalue weighted by molar-refractivity contribution is 5.32. The summed E-state index contributed by atoms with van der Waals surface area (Å²) in [5.74, 6) is 2.18. The van der Waals surface area contributed by atoms with E-state index in [1.165, 1.54) is 12.0 Å². The third-order valence-electron chi connectivity index (χ3n) is 6.39. The highest BCUT2D eigenvalue weighted by Gasteiger charge is 2.76. The van der Waals surface area contributed by atoms with Crippen molar-refractivity contribution < 1.29 is 9.78 Å². The molecule has 0 radical (unpaired) electrons. The Hall–Kier alpha value is -0.340. The summed E-state index contributed by atoms with van der Waals surface area (Å²) in [4.78, 5) is 11.6. The van der Waals surface area contributed by atoms with Crippen LogP contribution in [-0.2, 0) is 9.78 Å². The van der Waals surface area contributed by atoms with Crippen LogP contribution in [0.25, 0.3) is 0 Å². The molecule has 2 heteroatoms. The molecule has 3 aliphatic carbocycles. The van der Waals surface area contributed by atoms with Crippen molar-refractivity contribution in [2.75, 3.05) is 0 Å². The van der Waals surface area contributed by atoms with Crippen LogP contribution in [0.1, 0.15) is 46.5 Å². The summed E-state index contributed by atoms with van der Waals surface area (Å²) in [6.45, 7) is 11.4. The Labute approximate surface area is 103 Å². The second-order valence-corrected chi connectivity index (χ2v) is 7.44. The molecular formula is C15H22O2. The highest BCUT2D eigenvalue weighted by Crippen LogP contribution is 2.75. The van der Waals surface area contributed by atoms with Crippen LogP contribution in [0, 0.1) is 23.2 Å². The van der Waals surface area contributed by atoms with Gasteiger partial charge in [0.1, 0.15) is 11.2 Å². The third-order valence-corrected chi connectivity index (χ3v) is 6.39. The van der Waals surface area contributed by atoms with Gasteiger partial charge in [0.05, 0.1) is 0 Å². The number of rotatable bonds is 0. The predicted octanol–water partition coefficient (Wildman–Crippen LogP) is 3.48. The van der Waals surface area contributed by atoms with E-state index in [1.807, 2.05) is 0 Å². The third kappa shape index (κ3) is 0.978. The van der Waals surface area contributed by atoms with Gasteiger partial charge < -0.3 is 0 Å². The maximum atomic E-state index is 5.83. The molecule has 1 heterocycles. The fourth-order valence-corrected chi connectivity index (χ4v) is 5.26. The fourth-order valence-electron chi connectivity index (χ4n) is 5.26. The molecule has 2 nitrogen and oxygen atoms in total. The predicted molar refractivity (Wildman–Crippen MR) is 65.2 cm³/mol. The second kappa shape index (κ2) is 2.65. The minimum absolute atomic E-state index is 0.0516. The number of fused-ring (bicyclic) bond motifs is 1. The van der Waals surface area contributed by atoms with Crippen LogP contribution in [0.3, 0.4) is 0 Å². The molecule has 0 aromatic rings. The Kier molecular flexibility index (Phi) is 1.65. The molecule has 0 N–H and O–H groups in total. The smallest absolute Gasteiger partial charge is 0.130 e. The van der Waals surface area contributed by atoms with E-state index < -0.39 is 0 Å². The van der Waals surface area contributed by atoms with Crippen molar-refractivity contribution in [2.24, 2.45) is 23.2 Å². The molecule has 3 saturated carbocycles. The van der Waals surface area contributed by atoms with Crippen LogP contribution in [0.5, 0.6) is 0 Å². The molecule has 4 aliphatic rings. The van der Waals surface area contributed by atoms with Crippen molar-refractivity contribution >= 4 is 0 Å². The molecule has 94 valence electrons. The van der Waals surface area contributed by atoms with Crippen molar-refractivity contribution in [1.29, 1.82) is 0 Å². The van der Waals surface area contributed by atoms with Crippen LogP contribution >= 0.6 is 0 Å². The lowest BCUT2D eigenvalue weighted by Gasteiger charge is -2.31. The average Bonchev–Trinajstić information content (AvgIpc) is 2.57. The quantitative estimate of drug-likeness (QED) is 0.472. The largest absolute Gasteiger partial charge is 0.229 e. The summed E-state index contributed by atoms with van der Waals surface area (Å²) in [6, 6.07) is 0. The zero-order valence-electron chi connectivity index (χ0n) is 11.1. The lowest BCUT2D eigenvalue weighted by atomic mass is 9.75. The molecule has 4 fully saturated rings. The van der Waals surface area contributed by atoms with Gasteiger partial charge >= 0.3 is 0 Å². The van der Waals surface area contributed by atoms with Gasteiger partial charge in [0.2, 0.25) is 0 Å². The van der Waals surface area contributed by atoms with Gasteiger partial charge in [0.25, 0.3) is 0 Å². The first-order chi connectivity index (χ1) is 7.92. The van der Waals surface area contributed by atoms with Crippen LogP contribution < -0.4 is 0 Å². The van der Waals surface area contributed by atoms with Crippen LogP contribution in [0.15, 0.2) is 12.2 Å². The van der Waals surface area contributed by atoms with Crippen LogP contribution in [0.2, 0.25) is 0 Å². The van der Waals surface area contributed by atoms with E-state index in [4.69, 9.17) is 9.78 Å². The molecule has 4 rings (SSSR count). The zero-order chi connectivity index (χ0) is 12.1. The van der Waals surface area contributed by atoms with E-state index in [1.54, 1.807) is 0 Å². The van der Waals surface area contributed by atoms with Gasteiger partial charge in [-0.3, -0.25) is 0 Å². The Morgan fingerprint density at radius 1 is 1.18 bits per heavy atom. The van der Waals surface area contributed by atoms with E-state index in [9.17, 15) is 0 Å². The molecular weight excluding hydrogens is 212 g/mol. The standard InChI is InChI=1S/C15H22O2/c1-9-5-6-10-11(13(10,2)3)12-14(4)7-8-15(9,12)17-16-14/h10-12H,1,5-8H2,2-4H3/t10-,11-,12-,14+,15+/m0/s1. The van der Waals surface area contributed by atoms with Crippen molar-refractivity contribution in [3.8, 4) is 0 Å². The summed E-state index contributed by atoms with van der Waals surface area (Å²) >= 11 is 0. The highest BCUT2D eigenvalue weighted by atomic mass is 17.2. The van der Waals surface area contributed by atoms with E-state index in [0.717, 1.165) is 31.1 Å². The van der Waals surface area contributed by atoms with E-state index in [0.29, 0.717) is 11.3 Å². The average molecular weight is 234 g/mol. The van der Waals surface area contributed by atoms with Crippen LogP contribution in [0.4, 0.5) is 0 Å². The topological polar surface area (TPSA) is 18.5 Å². The summed E-state index contributed by atoms with van der Waals surface area (Å²) in [5, 5.41) is 0.